The minimum atomic E-state index is -0.516. The highest BCUT2D eigenvalue weighted by molar-refractivity contribution is 6.34. The zero-order valence-electron chi connectivity index (χ0n) is 14.2. The molecule has 0 saturated heterocycles. The zero-order valence-corrected chi connectivity index (χ0v) is 15.0. The molecule has 1 aromatic carbocycles. The molecule has 7 nitrogen and oxygen atoms in total. The molecule has 0 atom stereocenters. The van der Waals surface area contributed by atoms with Gasteiger partial charge in [-0.15, -0.1) is 0 Å². The van der Waals surface area contributed by atoms with E-state index >= 15 is 0 Å². The summed E-state index contributed by atoms with van der Waals surface area (Å²) in [6.45, 7) is 5.43. The number of carbonyl (C=O) groups excluding carboxylic acids is 2. The van der Waals surface area contributed by atoms with E-state index in [0.717, 1.165) is 13.1 Å². The van der Waals surface area contributed by atoms with Gasteiger partial charge in [0.2, 0.25) is 5.95 Å². The molecule has 0 saturated carbocycles. The van der Waals surface area contributed by atoms with Crippen molar-refractivity contribution in [1.82, 2.24) is 9.97 Å². The van der Waals surface area contributed by atoms with Crippen LogP contribution in [0, 0.1) is 0 Å². The van der Waals surface area contributed by atoms with Crippen LogP contribution in [0.5, 0.6) is 0 Å². The molecule has 0 bridgehead atoms. The largest absolute Gasteiger partial charge is 0.465 e. The number of esters is 1. The van der Waals surface area contributed by atoms with E-state index in [9.17, 15) is 9.59 Å². The molecule has 0 unspecified atom stereocenters. The summed E-state index contributed by atoms with van der Waals surface area (Å²) in [6, 6.07) is 6.01. The summed E-state index contributed by atoms with van der Waals surface area (Å²) >= 11 is 6.09. The van der Waals surface area contributed by atoms with E-state index < -0.39 is 11.9 Å². The van der Waals surface area contributed by atoms with Gasteiger partial charge in [0, 0.05) is 19.3 Å². The Labute approximate surface area is 151 Å². The SMILES string of the molecule is CCN(CC)c1nccc(C(=O)Nc2cc(C(=O)OC)ccc2Cl)n1. The van der Waals surface area contributed by atoms with Crippen LogP contribution >= 0.6 is 11.6 Å². The molecule has 8 heteroatoms. The van der Waals surface area contributed by atoms with E-state index in [1.54, 1.807) is 0 Å². The Morgan fingerprint density at radius 3 is 2.60 bits per heavy atom. The molecule has 1 amide bonds. The maximum atomic E-state index is 12.5. The lowest BCUT2D eigenvalue weighted by atomic mass is 10.2. The van der Waals surface area contributed by atoms with Crippen molar-refractivity contribution in [3.8, 4) is 0 Å². The van der Waals surface area contributed by atoms with Gasteiger partial charge in [-0.1, -0.05) is 11.6 Å². The third kappa shape index (κ3) is 4.45. The van der Waals surface area contributed by atoms with Crippen molar-refractivity contribution in [3.05, 3.63) is 46.7 Å². The van der Waals surface area contributed by atoms with E-state index in [2.05, 4.69) is 20.0 Å². The molecule has 1 heterocycles. The van der Waals surface area contributed by atoms with E-state index in [-0.39, 0.29) is 11.3 Å². The minimum Gasteiger partial charge on any atom is -0.465 e. The number of aromatic nitrogens is 2. The molecule has 0 aliphatic rings. The number of halogens is 1. The molecule has 25 heavy (non-hydrogen) atoms. The fourth-order valence-corrected chi connectivity index (χ4v) is 2.35. The molecule has 2 aromatic rings. The fraction of sp³-hybridized carbons (Fsp3) is 0.294. The van der Waals surface area contributed by atoms with Crippen molar-refractivity contribution in [1.29, 1.82) is 0 Å². The number of methoxy groups -OCH3 is 1. The monoisotopic (exact) mass is 362 g/mol. The van der Waals surface area contributed by atoms with Crippen molar-refractivity contribution in [3.63, 3.8) is 0 Å². The summed E-state index contributed by atoms with van der Waals surface area (Å²) in [4.78, 5) is 34.5. The smallest absolute Gasteiger partial charge is 0.337 e. The number of nitrogens with one attached hydrogen (secondary N) is 1. The van der Waals surface area contributed by atoms with Gasteiger partial charge in [0.15, 0.2) is 0 Å². The number of anilines is 2. The molecule has 0 spiro atoms. The third-order valence-corrected chi connectivity index (χ3v) is 3.89. The van der Waals surface area contributed by atoms with Gasteiger partial charge in [-0.2, -0.15) is 0 Å². The number of hydrogen-bond donors (Lipinski definition) is 1. The lowest BCUT2D eigenvalue weighted by Gasteiger charge is -2.18. The van der Waals surface area contributed by atoms with E-state index in [1.807, 2.05) is 18.7 Å². The van der Waals surface area contributed by atoms with Crippen molar-refractivity contribution in [2.45, 2.75) is 13.8 Å². The molecule has 0 aliphatic carbocycles. The van der Waals surface area contributed by atoms with Crippen LogP contribution in [0.25, 0.3) is 0 Å². The first-order chi connectivity index (χ1) is 12.0. The summed E-state index contributed by atoms with van der Waals surface area (Å²) in [7, 11) is 1.28. The predicted octanol–water partition coefficient (Wildman–Crippen LogP) is 3.02. The maximum Gasteiger partial charge on any atom is 0.337 e. The summed E-state index contributed by atoms with van der Waals surface area (Å²) in [5, 5.41) is 2.97. The van der Waals surface area contributed by atoms with Crippen LogP contribution in [0.3, 0.4) is 0 Å². The second kappa shape index (κ2) is 8.43. The average Bonchev–Trinajstić information content (AvgIpc) is 2.64. The molecule has 0 radical (unpaired) electrons. The Balaban J connectivity index is 2.25. The lowest BCUT2D eigenvalue weighted by molar-refractivity contribution is 0.0600. The van der Waals surface area contributed by atoms with Crippen LogP contribution < -0.4 is 10.2 Å². The summed E-state index contributed by atoms with van der Waals surface area (Å²) in [5.74, 6) is -0.482. The number of hydrogen-bond acceptors (Lipinski definition) is 6. The molecule has 1 aromatic heterocycles. The fourth-order valence-electron chi connectivity index (χ4n) is 2.19. The van der Waals surface area contributed by atoms with Crippen molar-refractivity contribution >= 4 is 35.1 Å². The van der Waals surface area contributed by atoms with Gasteiger partial charge in [0.05, 0.1) is 23.4 Å². The summed E-state index contributed by atoms with van der Waals surface area (Å²) < 4.78 is 4.67. The molecular formula is C17H19ClN4O3. The summed E-state index contributed by atoms with van der Waals surface area (Å²) in [6.07, 6.45) is 1.53. The van der Waals surface area contributed by atoms with Gasteiger partial charge in [-0.3, -0.25) is 4.79 Å². The van der Waals surface area contributed by atoms with Crippen molar-refractivity contribution in [2.24, 2.45) is 0 Å². The second-order valence-electron chi connectivity index (χ2n) is 5.05. The Kier molecular flexibility index (Phi) is 6.30. The topological polar surface area (TPSA) is 84.4 Å². The number of carbonyl (C=O) groups is 2. The lowest BCUT2D eigenvalue weighted by Crippen LogP contribution is -2.25. The van der Waals surface area contributed by atoms with Gasteiger partial charge in [0.1, 0.15) is 5.69 Å². The Morgan fingerprint density at radius 2 is 1.96 bits per heavy atom. The minimum absolute atomic E-state index is 0.205. The van der Waals surface area contributed by atoms with Gasteiger partial charge in [-0.25, -0.2) is 14.8 Å². The number of nitrogens with zero attached hydrogens (tertiary/aromatic N) is 3. The molecule has 0 aliphatic heterocycles. The van der Waals surface area contributed by atoms with Gasteiger partial charge in [0.25, 0.3) is 5.91 Å². The van der Waals surface area contributed by atoms with Gasteiger partial charge < -0.3 is 15.0 Å². The van der Waals surface area contributed by atoms with E-state index in [1.165, 1.54) is 37.6 Å². The van der Waals surface area contributed by atoms with Crippen LogP contribution in [0.15, 0.2) is 30.5 Å². The van der Waals surface area contributed by atoms with Crippen molar-refractivity contribution in [2.75, 3.05) is 30.4 Å². The highest BCUT2D eigenvalue weighted by Gasteiger charge is 2.15. The van der Waals surface area contributed by atoms with Gasteiger partial charge in [-0.05, 0) is 38.1 Å². The van der Waals surface area contributed by atoms with Crippen LogP contribution in [0.4, 0.5) is 11.6 Å². The molecular weight excluding hydrogens is 344 g/mol. The van der Waals surface area contributed by atoms with Crippen LogP contribution in [0.1, 0.15) is 34.7 Å². The Bertz CT molecular complexity index is 778. The number of amides is 1. The number of ether oxygens (including phenoxy) is 1. The van der Waals surface area contributed by atoms with E-state index in [4.69, 9.17) is 11.6 Å². The quantitative estimate of drug-likeness (QED) is 0.795. The zero-order chi connectivity index (χ0) is 18.4. The summed E-state index contributed by atoms with van der Waals surface area (Å²) in [5.41, 5.74) is 0.794. The standard InChI is InChI=1S/C17H19ClN4O3/c1-4-22(5-2)17-19-9-8-13(21-17)15(23)20-14-10-11(16(24)25-3)6-7-12(14)18/h6-10H,4-5H2,1-3H3,(H,20,23). The van der Waals surface area contributed by atoms with Crippen molar-refractivity contribution < 1.29 is 14.3 Å². The number of benzene rings is 1. The van der Waals surface area contributed by atoms with Gasteiger partial charge >= 0.3 is 5.97 Å². The molecule has 2 rings (SSSR count). The molecule has 1 N–H and O–H groups in total. The molecule has 132 valence electrons. The van der Waals surface area contributed by atoms with E-state index in [0.29, 0.717) is 16.7 Å². The third-order valence-electron chi connectivity index (χ3n) is 3.56. The normalized spacial score (nSPS) is 10.2. The Hall–Kier alpha value is -2.67. The first-order valence-electron chi connectivity index (χ1n) is 7.77. The average molecular weight is 363 g/mol. The highest BCUT2D eigenvalue weighted by Crippen LogP contribution is 2.24. The maximum absolute atomic E-state index is 12.5. The van der Waals surface area contributed by atoms with Crippen LogP contribution in [-0.2, 0) is 4.74 Å². The molecule has 0 fully saturated rings. The second-order valence-corrected chi connectivity index (χ2v) is 5.46. The highest BCUT2D eigenvalue weighted by atomic mass is 35.5. The van der Waals surface area contributed by atoms with Crippen LogP contribution in [0.2, 0.25) is 5.02 Å². The Morgan fingerprint density at radius 1 is 1.24 bits per heavy atom. The first kappa shape index (κ1) is 18.7. The van der Waals surface area contributed by atoms with Crippen LogP contribution in [-0.4, -0.2) is 42.0 Å². The number of rotatable bonds is 6. The first-order valence-corrected chi connectivity index (χ1v) is 8.15. The predicted molar refractivity (Wildman–Crippen MR) is 96.3 cm³/mol.